The topological polar surface area (TPSA) is 50.1 Å². The molecule has 0 amide bonds. The highest BCUT2D eigenvalue weighted by Gasteiger charge is 2.36. The Morgan fingerprint density at radius 3 is 2.44 bits per heavy atom. The average molecular weight is 223 g/mol. The quantitative estimate of drug-likeness (QED) is 0.802. The Balaban J connectivity index is 2.26. The second-order valence-corrected chi connectivity index (χ2v) is 5.19. The fourth-order valence-corrected chi connectivity index (χ4v) is 2.32. The van der Waals surface area contributed by atoms with Crippen molar-refractivity contribution in [2.24, 2.45) is 0 Å². The summed E-state index contributed by atoms with van der Waals surface area (Å²) >= 11 is 0. The summed E-state index contributed by atoms with van der Waals surface area (Å²) in [5.41, 5.74) is 2.89. The van der Waals surface area contributed by atoms with Gasteiger partial charge in [-0.15, -0.1) is 0 Å². The minimum Gasteiger partial charge on any atom is -0.387 e. The minimum atomic E-state index is -0.555. The number of aryl methyl sites for hydroxylation is 1. The molecule has 2 heterocycles. The number of nitrogens with zero attached hydrogens (tertiary/aromatic N) is 2. The van der Waals surface area contributed by atoms with Gasteiger partial charge in [0, 0.05) is 31.2 Å². The monoisotopic (exact) mass is 223 g/mol. The van der Waals surface area contributed by atoms with Gasteiger partial charge in [-0.2, -0.15) is 5.10 Å². The zero-order valence-corrected chi connectivity index (χ0v) is 10.5. The third-order valence-corrected chi connectivity index (χ3v) is 3.38. The summed E-state index contributed by atoms with van der Waals surface area (Å²) in [6.45, 7) is 9.75. The molecule has 0 aromatic carbocycles. The molecule has 0 atom stereocenters. The Bertz CT molecular complexity index is 391. The molecule has 2 N–H and O–H groups in total. The maximum atomic E-state index is 10.2. The summed E-state index contributed by atoms with van der Waals surface area (Å²) in [6.07, 6.45) is 0.713. The van der Waals surface area contributed by atoms with Crippen molar-refractivity contribution in [3.8, 4) is 0 Å². The third-order valence-electron chi connectivity index (χ3n) is 3.38. The van der Waals surface area contributed by atoms with E-state index in [2.05, 4.69) is 31.2 Å². The molecule has 1 aromatic heterocycles. The summed E-state index contributed by atoms with van der Waals surface area (Å²) in [5.74, 6) is 0. The Morgan fingerprint density at radius 1 is 1.44 bits per heavy atom. The highest BCUT2D eigenvalue weighted by Crippen LogP contribution is 2.24. The number of aliphatic hydroxyl groups is 1. The zero-order chi connectivity index (χ0) is 11.9. The lowest BCUT2D eigenvalue weighted by Crippen LogP contribution is -2.60. The van der Waals surface area contributed by atoms with Crippen LogP contribution in [0.3, 0.4) is 0 Å². The van der Waals surface area contributed by atoms with Crippen LogP contribution in [-0.4, -0.2) is 33.6 Å². The van der Waals surface area contributed by atoms with Crippen molar-refractivity contribution in [2.45, 2.75) is 45.8 Å². The zero-order valence-electron chi connectivity index (χ0n) is 10.5. The lowest BCUT2D eigenvalue weighted by atomic mass is 9.88. The standard InChI is InChI=1S/C12H21N3O/c1-8(2)15-10(4)11(9(3)14-15)5-12(16)6-13-7-12/h8,13,16H,5-7H2,1-4H3. The molecular weight excluding hydrogens is 202 g/mol. The molecule has 0 radical (unpaired) electrons. The van der Waals surface area contributed by atoms with Crippen molar-refractivity contribution in [1.82, 2.24) is 15.1 Å². The molecular formula is C12H21N3O. The minimum absolute atomic E-state index is 0.376. The first kappa shape index (κ1) is 11.6. The van der Waals surface area contributed by atoms with E-state index in [4.69, 9.17) is 0 Å². The summed E-state index contributed by atoms with van der Waals surface area (Å²) in [6, 6.07) is 0.376. The van der Waals surface area contributed by atoms with E-state index in [1.54, 1.807) is 0 Å². The molecule has 0 unspecified atom stereocenters. The molecule has 0 spiro atoms. The average Bonchev–Trinajstić information content (AvgIpc) is 2.43. The van der Waals surface area contributed by atoms with Gasteiger partial charge < -0.3 is 10.4 Å². The van der Waals surface area contributed by atoms with Crippen LogP contribution in [0.1, 0.15) is 36.8 Å². The van der Waals surface area contributed by atoms with E-state index in [1.807, 2.05) is 11.6 Å². The van der Waals surface area contributed by atoms with Crippen LogP contribution in [0.5, 0.6) is 0 Å². The lowest BCUT2D eigenvalue weighted by molar-refractivity contribution is -0.00929. The molecule has 1 aliphatic heterocycles. The van der Waals surface area contributed by atoms with Gasteiger partial charge in [-0.1, -0.05) is 0 Å². The molecule has 2 rings (SSSR count). The van der Waals surface area contributed by atoms with Gasteiger partial charge in [0.05, 0.1) is 11.3 Å². The molecule has 0 bridgehead atoms. The summed E-state index contributed by atoms with van der Waals surface area (Å²) < 4.78 is 2.04. The molecule has 90 valence electrons. The predicted molar refractivity (Wildman–Crippen MR) is 63.6 cm³/mol. The van der Waals surface area contributed by atoms with E-state index in [1.165, 1.54) is 11.3 Å². The van der Waals surface area contributed by atoms with Crippen LogP contribution in [0, 0.1) is 13.8 Å². The van der Waals surface area contributed by atoms with Gasteiger partial charge in [0.15, 0.2) is 0 Å². The van der Waals surface area contributed by atoms with Crippen molar-refractivity contribution in [1.29, 1.82) is 0 Å². The number of aromatic nitrogens is 2. The normalized spacial score (nSPS) is 18.9. The Morgan fingerprint density at radius 2 is 2.06 bits per heavy atom. The highest BCUT2D eigenvalue weighted by atomic mass is 16.3. The molecule has 1 saturated heterocycles. The Labute approximate surface area is 96.7 Å². The van der Waals surface area contributed by atoms with Crippen LogP contribution in [0.25, 0.3) is 0 Å². The van der Waals surface area contributed by atoms with Crippen LogP contribution in [0.2, 0.25) is 0 Å². The lowest BCUT2D eigenvalue weighted by Gasteiger charge is -2.37. The highest BCUT2D eigenvalue weighted by molar-refractivity contribution is 5.27. The van der Waals surface area contributed by atoms with Crippen molar-refractivity contribution in [3.05, 3.63) is 17.0 Å². The second kappa shape index (κ2) is 3.86. The van der Waals surface area contributed by atoms with E-state index in [0.29, 0.717) is 25.6 Å². The fourth-order valence-electron chi connectivity index (χ4n) is 2.32. The molecule has 0 saturated carbocycles. The maximum absolute atomic E-state index is 10.2. The number of β-amino-alcohol motifs (C(OH)–C–C–N with tert-alkyl or cyclic N) is 1. The predicted octanol–water partition coefficient (Wildman–Crippen LogP) is 0.958. The van der Waals surface area contributed by atoms with Gasteiger partial charge in [0.25, 0.3) is 0 Å². The van der Waals surface area contributed by atoms with E-state index in [-0.39, 0.29) is 0 Å². The maximum Gasteiger partial charge on any atom is 0.0936 e. The van der Waals surface area contributed by atoms with Gasteiger partial charge in [-0.05, 0) is 33.3 Å². The van der Waals surface area contributed by atoms with Crippen molar-refractivity contribution >= 4 is 0 Å². The molecule has 0 aliphatic carbocycles. The number of hydrogen-bond donors (Lipinski definition) is 2. The molecule has 1 aromatic rings. The van der Waals surface area contributed by atoms with Crippen LogP contribution < -0.4 is 5.32 Å². The van der Waals surface area contributed by atoms with Crippen molar-refractivity contribution in [3.63, 3.8) is 0 Å². The first-order valence-corrected chi connectivity index (χ1v) is 5.91. The van der Waals surface area contributed by atoms with Crippen LogP contribution in [0.15, 0.2) is 0 Å². The van der Waals surface area contributed by atoms with Crippen LogP contribution >= 0.6 is 0 Å². The molecule has 1 aliphatic rings. The molecule has 4 heteroatoms. The van der Waals surface area contributed by atoms with Gasteiger partial charge in [-0.25, -0.2) is 0 Å². The van der Waals surface area contributed by atoms with Crippen molar-refractivity contribution < 1.29 is 5.11 Å². The van der Waals surface area contributed by atoms with E-state index >= 15 is 0 Å². The first-order chi connectivity index (χ1) is 7.43. The van der Waals surface area contributed by atoms with Crippen molar-refractivity contribution in [2.75, 3.05) is 13.1 Å². The number of nitrogens with one attached hydrogen (secondary N) is 1. The SMILES string of the molecule is Cc1nn(C(C)C)c(C)c1CC1(O)CNC1. The molecule has 4 nitrogen and oxygen atoms in total. The summed E-state index contributed by atoms with van der Waals surface area (Å²) in [5, 5.41) is 17.8. The summed E-state index contributed by atoms with van der Waals surface area (Å²) in [4.78, 5) is 0. The van der Waals surface area contributed by atoms with Gasteiger partial charge >= 0.3 is 0 Å². The number of rotatable bonds is 3. The van der Waals surface area contributed by atoms with Gasteiger partial charge in [0.1, 0.15) is 0 Å². The fraction of sp³-hybridized carbons (Fsp3) is 0.750. The van der Waals surface area contributed by atoms with E-state index in [9.17, 15) is 5.11 Å². The largest absolute Gasteiger partial charge is 0.387 e. The number of hydrogen-bond acceptors (Lipinski definition) is 3. The Hall–Kier alpha value is -0.870. The molecule has 1 fully saturated rings. The summed E-state index contributed by atoms with van der Waals surface area (Å²) in [7, 11) is 0. The third kappa shape index (κ3) is 1.87. The van der Waals surface area contributed by atoms with Crippen LogP contribution in [0.4, 0.5) is 0 Å². The second-order valence-electron chi connectivity index (χ2n) is 5.19. The smallest absolute Gasteiger partial charge is 0.0936 e. The van der Waals surface area contributed by atoms with Gasteiger partial charge in [0.2, 0.25) is 0 Å². The van der Waals surface area contributed by atoms with Crippen LogP contribution in [-0.2, 0) is 6.42 Å². The Kier molecular flexibility index (Phi) is 2.80. The van der Waals surface area contributed by atoms with Gasteiger partial charge in [-0.3, -0.25) is 4.68 Å². The van der Waals surface area contributed by atoms with E-state index in [0.717, 1.165) is 5.69 Å². The molecule has 16 heavy (non-hydrogen) atoms. The van der Waals surface area contributed by atoms with E-state index < -0.39 is 5.60 Å². The first-order valence-electron chi connectivity index (χ1n) is 5.91.